The fraction of sp³-hybridized carbons (Fsp3) is 1.00. The van der Waals surface area contributed by atoms with Crippen LogP contribution in [-0.2, 0) is 0 Å². The molecule has 3 rings (SSSR count). The number of hydrogen-bond donors (Lipinski definition) is 0. The third kappa shape index (κ3) is 0.711. The van der Waals surface area contributed by atoms with Gasteiger partial charge in [-0.2, -0.15) is 0 Å². The standard InChI is InChI=1S/C11H18/c1-9-2-3-11(9)7-6-10(8-11)4-5-10/h9H,2-8H2,1H3. The second-order valence-electron chi connectivity index (χ2n) is 5.48. The molecule has 3 aliphatic carbocycles. The monoisotopic (exact) mass is 150 g/mol. The molecule has 0 radical (unpaired) electrons. The molecule has 0 aromatic rings. The quantitative estimate of drug-likeness (QED) is 0.496. The summed E-state index contributed by atoms with van der Waals surface area (Å²) in [6.07, 6.45) is 11.0. The fourth-order valence-corrected chi connectivity index (χ4v) is 3.52. The Morgan fingerprint density at radius 2 is 1.73 bits per heavy atom. The Morgan fingerprint density at radius 1 is 1.00 bits per heavy atom. The second-order valence-corrected chi connectivity index (χ2v) is 5.48. The maximum atomic E-state index is 2.48. The summed E-state index contributed by atoms with van der Waals surface area (Å²) in [5.74, 6) is 1.07. The first-order chi connectivity index (χ1) is 5.25. The van der Waals surface area contributed by atoms with E-state index in [0.717, 1.165) is 16.7 Å². The molecule has 0 nitrogen and oxygen atoms in total. The van der Waals surface area contributed by atoms with Gasteiger partial charge < -0.3 is 0 Å². The van der Waals surface area contributed by atoms with Gasteiger partial charge in [0.1, 0.15) is 0 Å². The molecule has 0 amide bonds. The van der Waals surface area contributed by atoms with Crippen molar-refractivity contribution in [3.63, 3.8) is 0 Å². The molecule has 2 atom stereocenters. The van der Waals surface area contributed by atoms with Gasteiger partial charge in [0.15, 0.2) is 0 Å². The lowest BCUT2D eigenvalue weighted by molar-refractivity contribution is 0.0455. The van der Waals surface area contributed by atoms with Crippen molar-refractivity contribution in [3.05, 3.63) is 0 Å². The van der Waals surface area contributed by atoms with Gasteiger partial charge >= 0.3 is 0 Å². The number of hydrogen-bond acceptors (Lipinski definition) is 0. The molecule has 3 saturated carbocycles. The van der Waals surface area contributed by atoms with Gasteiger partial charge in [0, 0.05) is 0 Å². The molecule has 0 heteroatoms. The molecular formula is C11H18. The van der Waals surface area contributed by atoms with Crippen LogP contribution in [-0.4, -0.2) is 0 Å². The second kappa shape index (κ2) is 1.67. The van der Waals surface area contributed by atoms with Crippen LogP contribution in [0.1, 0.15) is 51.9 Å². The lowest BCUT2D eigenvalue weighted by atomic mass is 9.59. The van der Waals surface area contributed by atoms with Crippen LogP contribution in [0, 0.1) is 16.7 Å². The maximum Gasteiger partial charge on any atom is -0.0266 e. The first-order valence-corrected chi connectivity index (χ1v) is 5.25. The summed E-state index contributed by atoms with van der Waals surface area (Å²) in [4.78, 5) is 0. The Bertz CT molecular complexity index is 190. The van der Waals surface area contributed by atoms with E-state index in [1.54, 1.807) is 38.5 Å². The molecule has 2 spiro atoms. The SMILES string of the molecule is CC1CCC12CCC1(CC1)C2. The minimum absolute atomic E-state index is 0.872. The van der Waals surface area contributed by atoms with Crippen molar-refractivity contribution in [1.29, 1.82) is 0 Å². The first-order valence-electron chi connectivity index (χ1n) is 5.25. The molecule has 11 heavy (non-hydrogen) atoms. The van der Waals surface area contributed by atoms with Crippen molar-refractivity contribution in [1.82, 2.24) is 0 Å². The van der Waals surface area contributed by atoms with E-state index in [1.807, 2.05) is 0 Å². The van der Waals surface area contributed by atoms with Gasteiger partial charge in [-0.05, 0) is 61.7 Å². The van der Waals surface area contributed by atoms with Crippen LogP contribution in [0.2, 0.25) is 0 Å². The van der Waals surface area contributed by atoms with Crippen molar-refractivity contribution in [2.24, 2.45) is 16.7 Å². The molecule has 3 aliphatic rings. The predicted octanol–water partition coefficient (Wildman–Crippen LogP) is 3.37. The van der Waals surface area contributed by atoms with E-state index < -0.39 is 0 Å². The smallest absolute Gasteiger partial charge is 0.0266 e. The van der Waals surface area contributed by atoms with Gasteiger partial charge in [-0.15, -0.1) is 0 Å². The van der Waals surface area contributed by atoms with E-state index in [9.17, 15) is 0 Å². The molecule has 0 saturated heterocycles. The number of rotatable bonds is 0. The fourth-order valence-electron chi connectivity index (χ4n) is 3.52. The van der Waals surface area contributed by atoms with E-state index in [-0.39, 0.29) is 0 Å². The van der Waals surface area contributed by atoms with Crippen molar-refractivity contribution in [2.45, 2.75) is 51.9 Å². The van der Waals surface area contributed by atoms with Crippen molar-refractivity contribution in [2.75, 3.05) is 0 Å². The highest BCUT2D eigenvalue weighted by molar-refractivity contribution is 5.09. The molecule has 62 valence electrons. The van der Waals surface area contributed by atoms with Crippen LogP contribution >= 0.6 is 0 Å². The van der Waals surface area contributed by atoms with Gasteiger partial charge in [-0.1, -0.05) is 6.92 Å². The molecule has 0 aromatic heterocycles. The summed E-state index contributed by atoms with van der Waals surface area (Å²) in [7, 11) is 0. The first kappa shape index (κ1) is 6.51. The minimum Gasteiger partial charge on any atom is -0.0620 e. The van der Waals surface area contributed by atoms with Gasteiger partial charge in [-0.3, -0.25) is 0 Å². The van der Waals surface area contributed by atoms with E-state index >= 15 is 0 Å². The lowest BCUT2D eigenvalue weighted by Gasteiger charge is -2.46. The highest BCUT2D eigenvalue weighted by Gasteiger charge is 2.58. The van der Waals surface area contributed by atoms with Crippen molar-refractivity contribution < 1.29 is 0 Å². The molecule has 2 unspecified atom stereocenters. The van der Waals surface area contributed by atoms with Crippen LogP contribution in [0.25, 0.3) is 0 Å². The van der Waals surface area contributed by atoms with Crippen LogP contribution in [0.15, 0.2) is 0 Å². The average Bonchev–Trinajstić information content (AvgIpc) is 2.60. The summed E-state index contributed by atoms with van der Waals surface area (Å²) in [6.45, 7) is 2.48. The summed E-state index contributed by atoms with van der Waals surface area (Å²) in [6, 6.07) is 0. The van der Waals surface area contributed by atoms with Crippen molar-refractivity contribution >= 4 is 0 Å². The van der Waals surface area contributed by atoms with Gasteiger partial charge in [0.25, 0.3) is 0 Å². The zero-order chi connectivity index (χ0) is 7.53. The summed E-state index contributed by atoms with van der Waals surface area (Å²) in [5.41, 5.74) is 1.78. The van der Waals surface area contributed by atoms with Gasteiger partial charge in [0.2, 0.25) is 0 Å². The Hall–Kier alpha value is 0. The van der Waals surface area contributed by atoms with Crippen LogP contribution in [0.5, 0.6) is 0 Å². The van der Waals surface area contributed by atoms with Crippen molar-refractivity contribution in [3.8, 4) is 0 Å². The van der Waals surface area contributed by atoms with Gasteiger partial charge in [-0.25, -0.2) is 0 Å². The molecular weight excluding hydrogens is 132 g/mol. The molecule has 0 N–H and O–H groups in total. The topological polar surface area (TPSA) is 0 Å². The van der Waals surface area contributed by atoms with Crippen LogP contribution in [0.4, 0.5) is 0 Å². The van der Waals surface area contributed by atoms with E-state index in [1.165, 1.54) is 6.42 Å². The van der Waals surface area contributed by atoms with E-state index in [0.29, 0.717) is 0 Å². The highest BCUT2D eigenvalue weighted by atomic mass is 14.6. The largest absolute Gasteiger partial charge is 0.0620 e. The Kier molecular flexibility index (Phi) is 0.990. The zero-order valence-electron chi connectivity index (χ0n) is 7.53. The Morgan fingerprint density at radius 3 is 2.00 bits per heavy atom. The third-order valence-corrected chi connectivity index (χ3v) is 4.96. The van der Waals surface area contributed by atoms with Gasteiger partial charge in [0.05, 0.1) is 0 Å². The maximum absolute atomic E-state index is 2.48. The lowest BCUT2D eigenvalue weighted by Crippen LogP contribution is -2.36. The van der Waals surface area contributed by atoms with Crippen LogP contribution in [0.3, 0.4) is 0 Å². The normalized spacial score (nSPS) is 51.5. The molecule has 3 fully saturated rings. The van der Waals surface area contributed by atoms with E-state index in [4.69, 9.17) is 0 Å². The molecule has 0 aliphatic heterocycles. The zero-order valence-corrected chi connectivity index (χ0v) is 7.53. The molecule has 0 bridgehead atoms. The Labute approximate surface area is 69.4 Å². The third-order valence-electron chi connectivity index (χ3n) is 4.96. The summed E-state index contributed by atoms with van der Waals surface area (Å²) >= 11 is 0. The average molecular weight is 150 g/mol. The van der Waals surface area contributed by atoms with Crippen LogP contribution < -0.4 is 0 Å². The Balaban J connectivity index is 1.81. The summed E-state index contributed by atoms with van der Waals surface area (Å²) < 4.78 is 0. The molecule has 0 aromatic carbocycles. The van der Waals surface area contributed by atoms with E-state index in [2.05, 4.69) is 6.92 Å². The predicted molar refractivity (Wildman–Crippen MR) is 46.3 cm³/mol. The summed E-state index contributed by atoms with van der Waals surface area (Å²) in [5, 5.41) is 0. The highest BCUT2D eigenvalue weighted by Crippen LogP contribution is 2.70. The minimum atomic E-state index is 0.872. The molecule has 0 heterocycles.